The highest BCUT2D eigenvalue weighted by atomic mass is 35.5. The van der Waals surface area contributed by atoms with Crippen LogP contribution in [0.4, 0.5) is 18.9 Å². The number of carbonyl (C=O) groups is 2. The molecule has 3 aromatic rings. The average Bonchev–Trinajstić information content (AvgIpc) is 2.90. The molecule has 3 aromatic carbocycles. The Morgan fingerprint density at radius 3 is 2.23 bits per heavy atom. The fourth-order valence-electron chi connectivity index (χ4n) is 3.81. The quantitative estimate of drug-likeness (QED) is 0.384. The predicted octanol–water partition coefficient (Wildman–Crippen LogP) is 5.03. The van der Waals surface area contributed by atoms with Crippen molar-refractivity contribution in [1.29, 1.82) is 0 Å². The lowest BCUT2D eigenvalue weighted by Crippen LogP contribution is -2.50. The second-order valence-electron chi connectivity index (χ2n) is 8.78. The molecule has 0 bridgehead atoms. The number of carbonyl (C=O) groups excluding carboxylic acids is 2. The summed E-state index contributed by atoms with van der Waals surface area (Å²) in [5, 5.41) is 2.77. The van der Waals surface area contributed by atoms with Gasteiger partial charge in [0.2, 0.25) is 11.8 Å². The van der Waals surface area contributed by atoms with Crippen LogP contribution in [-0.2, 0) is 32.3 Å². The van der Waals surface area contributed by atoms with Crippen LogP contribution in [0.1, 0.15) is 23.6 Å². The van der Waals surface area contributed by atoms with Crippen molar-refractivity contribution in [3.05, 3.63) is 94.5 Å². The Balaban J connectivity index is 2.11. The predicted molar refractivity (Wildman–Crippen MR) is 143 cm³/mol. The van der Waals surface area contributed by atoms with E-state index in [9.17, 15) is 31.2 Å². The number of nitrogens with one attached hydrogen (secondary N) is 1. The summed E-state index contributed by atoms with van der Waals surface area (Å²) in [4.78, 5) is 27.1. The summed E-state index contributed by atoms with van der Waals surface area (Å²) in [6.45, 7) is 2.19. The van der Waals surface area contributed by atoms with Gasteiger partial charge in [0, 0.05) is 18.6 Å². The van der Waals surface area contributed by atoms with E-state index in [1.54, 1.807) is 31.2 Å². The van der Waals surface area contributed by atoms with Crippen LogP contribution >= 0.6 is 11.6 Å². The lowest BCUT2D eigenvalue weighted by atomic mass is 10.1. The van der Waals surface area contributed by atoms with Gasteiger partial charge >= 0.3 is 6.18 Å². The average molecular weight is 582 g/mol. The van der Waals surface area contributed by atoms with E-state index in [-0.39, 0.29) is 17.1 Å². The second-order valence-corrected chi connectivity index (χ2v) is 11.0. The first-order valence-corrected chi connectivity index (χ1v) is 13.6. The number of alkyl halides is 3. The molecule has 1 N–H and O–H groups in total. The van der Waals surface area contributed by atoms with Gasteiger partial charge in [-0.1, -0.05) is 53.6 Å². The molecule has 3 rings (SSSR count). The first-order chi connectivity index (χ1) is 18.3. The number of amides is 2. The first kappa shape index (κ1) is 30.0. The van der Waals surface area contributed by atoms with Crippen molar-refractivity contribution in [3.63, 3.8) is 0 Å². The van der Waals surface area contributed by atoms with Gasteiger partial charge in [-0.2, -0.15) is 13.2 Å². The maximum absolute atomic E-state index is 13.7. The lowest BCUT2D eigenvalue weighted by molar-refractivity contribution is -0.139. The molecule has 0 fully saturated rings. The number of hydrogen-bond donors (Lipinski definition) is 1. The Bertz CT molecular complexity index is 1450. The van der Waals surface area contributed by atoms with Gasteiger partial charge in [0.1, 0.15) is 12.6 Å². The van der Waals surface area contributed by atoms with Crippen LogP contribution < -0.4 is 9.62 Å². The molecule has 2 amide bonds. The van der Waals surface area contributed by atoms with Gasteiger partial charge in [-0.3, -0.25) is 13.9 Å². The Morgan fingerprint density at radius 1 is 1.00 bits per heavy atom. The van der Waals surface area contributed by atoms with E-state index < -0.39 is 46.2 Å². The van der Waals surface area contributed by atoms with Crippen LogP contribution in [0.5, 0.6) is 0 Å². The Hall–Kier alpha value is -3.57. The molecule has 39 heavy (non-hydrogen) atoms. The summed E-state index contributed by atoms with van der Waals surface area (Å²) in [5.74, 6) is -1.35. The van der Waals surface area contributed by atoms with Crippen LogP contribution in [-0.4, -0.2) is 44.8 Å². The molecule has 0 spiro atoms. The molecule has 0 unspecified atom stereocenters. The number of nitrogens with zero attached hydrogens (tertiary/aromatic N) is 2. The number of hydrogen-bond acceptors (Lipinski definition) is 4. The normalized spacial score (nSPS) is 12.5. The maximum Gasteiger partial charge on any atom is 0.416 e. The van der Waals surface area contributed by atoms with Crippen molar-refractivity contribution in [3.8, 4) is 0 Å². The van der Waals surface area contributed by atoms with E-state index in [2.05, 4.69) is 5.32 Å². The molecule has 0 aliphatic heterocycles. The first-order valence-electron chi connectivity index (χ1n) is 11.8. The minimum Gasteiger partial charge on any atom is -0.357 e. The minimum absolute atomic E-state index is 0.145. The van der Waals surface area contributed by atoms with E-state index in [1.807, 2.05) is 0 Å². The highest BCUT2D eigenvalue weighted by molar-refractivity contribution is 7.92. The molecule has 0 saturated heterocycles. The monoisotopic (exact) mass is 581 g/mol. The molecule has 0 heterocycles. The number of aryl methyl sites for hydroxylation is 1. The van der Waals surface area contributed by atoms with Gasteiger partial charge in [0.05, 0.1) is 16.1 Å². The summed E-state index contributed by atoms with van der Waals surface area (Å²) < 4.78 is 68.5. The Kier molecular flexibility index (Phi) is 9.29. The SMILES string of the molecule is CNC(=O)[C@H](C)N(Cc1ccccc1Cl)C(=O)CN(c1cccc(C(F)(F)F)c1)S(=O)(=O)c1ccc(C)cc1. The molecule has 12 heteroatoms. The molecule has 7 nitrogen and oxygen atoms in total. The summed E-state index contributed by atoms with van der Waals surface area (Å²) in [7, 11) is -3.12. The van der Waals surface area contributed by atoms with Crippen LogP contribution in [0.25, 0.3) is 0 Å². The Morgan fingerprint density at radius 2 is 1.64 bits per heavy atom. The molecule has 0 radical (unpaired) electrons. The molecule has 0 aliphatic carbocycles. The lowest BCUT2D eigenvalue weighted by Gasteiger charge is -2.32. The zero-order valence-corrected chi connectivity index (χ0v) is 22.9. The third-order valence-electron chi connectivity index (χ3n) is 6.06. The Labute approximate surface area is 230 Å². The minimum atomic E-state index is -4.75. The van der Waals surface area contributed by atoms with Crippen molar-refractivity contribution in [2.75, 3.05) is 17.9 Å². The fraction of sp³-hybridized carbons (Fsp3) is 0.259. The largest absolute Gasteiger partial charge is 0.416 e. The molecule has 1 atom stereocenters. The van der Waals surface area contributed by atoms with E-state index in [0.717, 1.165) is 22.6 Å². The topological polar surface area (TPSA) is 86.8 Å². The number of benzene rings is 3. The van der Waals surface area contributed by atoms with Crippen LogP contribution in [0.2, 0.25) is 5.02 Å². The number of halogens is 4. The van der Waals surface area contributed by atoms with Crippen molar-refractivity contribution < 1.29 is 31.2 Å². The smallest absolute Gasteiger partial charge is 0.357 e. The third-order valence-corrected chi connectivity index (χ3v) is 8.22. The highest BCUT2D eigenvalue weighted by Crippen LogP contribution is 2.33. The zero-order chi connectivity index (χ0) is 29.0. The van der Waals surface area contributed by atoms with Crippen molar-refractivity contribution in [2.45, 2.75) is 37.5 Å². The van der Waals surface area contributed by atoms with Crippen LogP contribution in [0.15, 0.2) is 77.7 Å². The van der Waals surface area contributed by atoms with Gasteiger partial charge in [0.15, 0.2) is 0 Å². The van der Waals surface area contributed by atoms with Crippen LogP contribution in [0.3, 0.4) is 0 Å². The summed E-state index contributed by atoms with van der Waals surface area (Å²) in [5.41, 5.74) is -0.177. The molecular weight excluding hydrogens is 555 g/mol. The molecule has 0 saturated carbocycles. The van der Waals surface area contributed by atoms with Crippen molar-refractivity contribution >= 4 is 39.1 Å². The van der Waals surface area contributed by atoms with Crippen LogP contribution in [0, 0.1) is 6.92 Å². The van der Waals surface area contributed by atoms with E-state index in [0.29, 0.717) is 21.0 Å². The van der Waals surface area contributed by atoms with Gasteiger partial charge in [-0.15, -0.1) is 0 Å². The second kappa shape index (κ2) is 12.1. The van der Waals surface area contributed by atoms with Gasteiger partial charge < -0.3 is 10.2 Å². The van der Waals surface area contributed by atoms with Gasteiger partial charge in [-0.25, -0.2) is 8.42 Å². The third kappa shape index (κ3) is 7.10. The van der Waals surface area contributed by atoms with E-state index >= 15 is 0 Å². The summed E-state index contributed by atoms with van der Waals surface area (Å²) >= 11 is 6.27. The van der Waals surface area contributed by atoms with Crippen molar-refractivity contribution in [2.24, 2.45) is 0 Å². The molecular formula is C27H27ClF3N3O4S. The van der Waals surface area contributed by atoms with Gasteiger partial charge in [-0.05, 0) is 55.8 Å². The molecule has 0 aliphatic rings. The number of likely N-dealkylation sites (N-methyl/N-ethyl adjacent to an activating group) is 1. The standard InChI is InChI=1S/C27H27ClF3N3O4S/c1-18-11-13-23(14-12-18)39(37,38)34(22-9-6-8-21(15-22)27(29,30)31)17-25(35)33(19(2)26(36)32-3)16-20-7-4-5-10-24(20)28/h4-15,19H,16-17H2,1-3H3,(H,32,36)/t19-/m0/s1. The number of rotatable bonds is 9. The van der Waals surface area contributed by atoms with E-state index in [1.165, 1.54) is 44.3 Å². The van der Waals surface area contributed by atoms with E-state index in [4.69, 9.17) is 11.6 Å². The zero-order valence-electron chi connectivity index (χ0n) is 21.4. The molecule has 208 valence electrons. The summed E-state index contributed by atoms with van der Waals surface area (Å²) in [6, 6.07) is 15.0. The maximum atomic E-state index is 13.7. The summed E-state index contributed by atoms with van der Waals surface area (Å²) in [6.07, 6.45) is -4.75. The van der Waals surface area contributed by atoms with Gasteiger partial charge in [0.25, 0.3) is 10.0 Å². The number of anilines is 1. The highest BCUT2D eigenvalue weighted by Gasteiger charge is 2.35. The van der Waals surface area contributed by atoms with Crippen molar-refractivity contribution in [1.82, 2.24) is 10.2 Å². The molecule has 0 aromatic heterocycles. The fourth-order valence-corrected chi connectivity index (χ4v) is 5.41. The number of sulfonamides is 1.